The molecule has 0 bridgehead atoms. The van der Waals surface area contributed by atoms with Crippen LogP contribution < -0.4 is 5.32 Å². The van der Waals surface area contributed by atoms with Gasteiger partial charge in [0.05, 0.1) is 0 Å². The third kappa shape index (κ3) is 2.80. The molecule has 1 amide bonds. The summed E-state index contributed by atoms with van der Waals surface area (Å²) in [5.74, 6) is 0.483. The zero-order chi connectivity index (χ0) is 13.8. The molecule has 0 unspecified atom stereocenters. The number of aromatic nitrogens is 1. The third-order valence-electron chi connectivity index (χ3n) is 3.75. The highest BCUT2D eigenvalue weighted by Gasteiger charge is 2.16. The maximum atomic E-state index is 12.2. The van der Waals surface area contributed by atoms with Crippen molar-refractivity contribution in [1.29, 1.82) is 0 Å². The fourth-order valence-corrected chi connectivity index (χ4v) is 2.59. The van der Waals surface area contributed by atoms with Crippen LogP contribution in [0.4, 0.5) is 0 Å². The first-order valence-electron chi connectivity index (χ1n) is 7.04. The fraction of sp³-hybridized carbons (Fsp3) is 0.375. The highest BCUT2D eigenvalue weighted by molar-refractivity contribution is 6.05. The standard InChI is InChI=1S/C16H18N2O2/c19-16(18-8-5-12-7-10-20-11-12)15-14-4-2-1-3-13(14)6-9-17-15/h1-4,6,9,12H,5,7-8,10-11H2,(H,18,19)/t12-/m1/s1. The zero-order valence-corrected chi connectivity index (χ0v) is 11.3. The number of carbonyl (C=O) groups excluding carboxylic acids is 1. The first-order chi connectivity index (χ1) is 9.84. The second-order valence-electron chi connectivity index (χ2n) is 5.15. The van der Waals surface area contributed by atoms with Crippen molar-refractivity contribution in [3.63, 3.8) is 0 Å². The number of ether oxygens (including phenoxy) is 1. The van der Waals surface area contributed by atoms with Gasteiger partial charge in [0.1, 0.15) is 5.69 Å². The second-order valence-corrected chi connectivity index (χ2v) is 5.15. The summed E-state index contributed by atoms with van der Waals surface area (Å²) in [6, 6.07) is 9.73. The number of nitrogens with one attached hydrogen (secondary N) is 1. The molecule has 0 saturated carbocycles. The lowest BCUT2D eigenvalue weighted by Gasteiger charge is -2.09. The van der Waals surface area contributed by atoms with Gasteiger partial charge >= 0.3 is 0 Å². The van der Waals surface area contributed by atoms with Gasteiger partial charge in [-0.2, -0.15) is 0 Å². The first-order valence-corrected chi connectivity index (χ1v) is 7.04. The lowest BCUT2D eigenvalue weighted by atomic mass is 10.1. The molecule has 1 N–H and O–H groups in total. The van der Waals surface area contributed by atoms with Gasteiger partial charge in [0.25, 0.3) is 5.91 Å². The van der Waals surface area contributed by atoms with Gasteiger partial charge < -0.3 is 10.1 Å². The van der Waals surface area contributed by atoms with E-state index in [4.69, 9.17) is 4.74 Å². The first kappa shape index (κ1) is 13.1. The summed E-state index contributed by atoms with van der Waals surface area (Å²) in [6.45, 7) is 2.35. The molecule has 20 heavy (non-hydrogen) atoms. The summed E-state index contributed by atoms with van der Waals surface area (Å²) in [6.07, 6.45) is 3.75. The molecule has 1 aliphatic heterocycles. The normalized spacial score (nSPS) is 18.3. The molecule has 0 radical (unpaired) electrons. The van der Waals surface area contributed by atoms with Crippen LogP contribution in [0.1, 0.15) is 23.3 Å². The van der Waals surface area contributed by atoms with E-state index in [9.17, 15) is 4.79 Å². The van der Waals surface area contributed by atoms with Gasteiger partial charge in [0.2, 0.25) is 0 Å². The average molecular weight is 270 g/mol. The van der Waals surface area contributed by atoms with Gasteiger partial charge in [-0.15, -0.1) is 0 Å². The highest BCUT2D eigenvalue weighted by Crippen LogP contribution is 2.17. The molecule has 1 aliphatic rings. The Hall–Kier alpha value is -1.94. The maximum Gasteiger partial charge on any atom is 0.270 e. The topological polar surface area (TPSA) is 51.2 Å². The number of rotatable bonds is 4. The summed E-state index contributed by atoms with van der Waals surface area (Å²) >= 11 is 0. The van der Waals surface area contributed by atoms with Crippen molar-refractivity contribution in [1.82, 2.24) is 10.3 Å². The van der Waals surface area contributed by atoms with Crippen LogP contribution in [-0.4, -0.2) is 30.6 Å². The van der Waals surface area contributed by atoms with Crippen LogP contribution in [0.3, 0.4) is 0 Å². The van der Waals surface area contributed by atoms with Crippen molar-refractivity contribution in [3.8, 4) is 0 Å². The Balaban J connectivity index is 1.66. The predicted molar refractivity (Wildman–Crippen MR) is 77.6 cm³/mol. The molecule has 4 nitrogen and oxygen atoms in total. The average Bonchev–Trinajstić information content (AvgIpc) is 3.00. The van der Waals surface area contributed by atoms with Crippen LogP contribution in [0, 0.1) is 5.92 Å². The zero-order valence-electron chi connectivity index (χ0n) is 11.3. The van der Waals surface area contributed by atoms with Gasteiger partial charge in [-0.1, -0.05) is 24.3 Å². The van der Waals surface area contributed by atoms with Crippen molar-refractivity contribution >= 4 is 16.7 Å². The highest BCUT2D eigenvalue weighted by atomic mass is 16.5. The molecule has 1 fully saturated rings. The molecule has 0 aliphatic carbocycles. The van der Waals surface area contributed by atoms with Gasteiger partial charge in [-0.3, -0.25) is 9.78 Å². The Morgan fingerprint density at radius 3 is 3.10 bits per heavy atom. The SMILES string of the molecule is O=C(NCC[C@@H]1CCOC1)c1nccc2ccccc12. The van der Waals surface area contributed by atoms with E-state index in [-0.39, 0.29) is 5.91 Å². The Labute approximate surface area is 118 Å². The third-order valence-corrected chi connectivity index (χ3v) is 3.75. The van der Waals surface area contributed by atoms with E-state index < -0.39 is 0 Å². The van der Waals surface area contributed by atoms with Crippen LogP contribution in [0.5, 0.6) is 0 Å². The molecule has 3 rings (SSSR count). The minimum Gasteiger partial charge on any atom is -0.381 e. The van der Waals surface area contributed by atoms with E-state index >= 15 is 0 Å². The Morgan fingerprint density at radius 2 is 2.25 bits per heavy atom. The van der Waals surface area contributed by atoms with Crippen molar-refractivity contribution in [2.75, 3.05) is 19.8 Å². The number of benzene rings is 1. The molecule has 2 aromatic rings. The van der Waals surface area contributed by atoms with Crippen LogP contribution in [0.25, 0.3) is 10.8 Å². The lowest BCUT2D eigenvalue weighted by Crippen LogP contribution is -2.27. The smallest absolute Gasteiger partial charge is 0.270 e. The van der Waals surface area contributed by atoms with E-state index in [1.54, 1.807) is 6.20 Å². The van der Waals surface area contributed by atoms with Crippen molar-refractivity contribution < 1.29 is 9.53 Å². The van der Waals surface area contributed by atoms with E-state index in [0.717, 1.165) is 36.8 Å². The van der Waals surface area contributed by atoms with Crippen LogP contribution >= 0.6 is 0 Å². The summed E-state index contributed by atoms with van der Waals surface area (Å²) < 4.78 is 5.33. The molecule has 2 heterocycles. The van der Waals surface area contributed by atoms with Crippen LogP contribution in [0.15, 0.2) is 36.5 Å². The number of nitrogens with zero attached hydrogens (tertiary/aromatic N) is 1. The Morgan fingerprint density at radius 1 is 1.35 bits per heavy atom. The second kappa shape index (κ2) is 6.01. The monoisotopic (exact) mass is 270 g/mol. The number of pyridine rings is 1. The fourth-order valence-electron chi connectivity index (χ4n) is 2.59. The summed E-state index contributed by atoms with van der Waals surface area (Å²) in [5.41, 5.74) is 0.505. The lowest BCUT2D eigenvalue weighted by molar-refractivity contribution is 0.0947. The van der Waals surface area contributed by atoms with Gasteiger partial charge in [0, 0.05) is 31.3 Å². The molecule has 4 heteroatoms. The minimum atomic E-state index is -0.0966. The molecular weight excluding hydrogens is 252 g/mol. The molecular formula is C16H18N2O2. The number of carbonyl (C=O) groups is 1. The summed E-state index contributed by atoms with van der Waals surface area (Å²) in [7, 11) is 0. The predicted octanol–water partition coefficient (Wildman–Crippen LogP) is 2.39. The van der Waals surface area contributed by atoms with Gasteiger partial charge in [-0.05, 0) is 30.2 Å². The van der Waals surface area contributed by atoms with Crippen LogP contribution in [-0.2, 0) is 4.74 Å². The Bertz CT molecular complexity index is 601. The molecule has 104 valence electrons. The number of hydrogen-bond acceptors (Lipinski definition) is 3. The van der Waals surface area contributed by atoms with E-state index in [1.807, 2.05) is 30.3 Å². The molecule has 1 aromatic carbocycles. The molecule has 0 spiro atoms. The van der Waals surface area contributed by atoms with Crippen molar-refractivity contribution in [2.45, 2.75) is 12.8 Å². The molecule has 1 aromatic heterocycles. The minimum absolute atomic E-state index is 0.0966. The van der Waals surface area contributed by atoms with Crippen molar-refractivity contribution in [3.05, 3.63) is 42.2 Å². The van der Waals surface area contributed by atoms with E-state index in [2.05, 4.69) is 10.3 Å². The largest absolute Gasteiger partial charge is 0.381 e. The number of fused-ring (bicyclic) bond motifs is 1. The number of hydrogen-bond donors (Lipinski definition) is 1. The number of amides is 1. The van der Waals surface area contributed by atoms with Gasteiger partial charge in [-0.25, -0.2) is 0 Å². The summed E-state index contributed by atoms with van der Waals surface area (Å²) in [4.78, 5) is 16.4. The van der Waals surface area contributed by atoms with Crippen molar-refractivity contribution in [2.24, 2.45) is 5.92 Å². The molecule has 1 atom stereocenters. The van der Waals surface area contributed by atoms with E-state index in [1.165, 1.54) is 0 Å². The molecule has 1 saturated heterocycles. The van der Waals surface area contributed by atoms with Crippen LogP contribution in [0.2, 0.25) is 0 Å². The quantitative estimate of drug-likeness (QED) is 0.928. The van der Waals surface area contributed by atoms with Gasteiger partial charge in [0.15, 0.2) is 0 Å². The summed E-state index contributed by atoms with van der Waals surface area (Å²) in [5, 5.41) is 4.90. The maximum absolute atomic E-state index is 12.2. The van der Waals surface area contributed by atoms with E-state index in [0.29, 0.717) is 18.2 Å². The Kier molecular flexibility index (Phi) is 3.92.